The van der Waals surface area contributed by atoms with E-state index in [9.17, 15) is 9.90 Å². The van der Waals surface area contributed by atoms with Gasteiger partial charge in [0.05, 0.1) is 11.4 Å². The van der Waals surface area contributed by atoms with Gasteiger partial charge in [-0.25, -0.2) is 0 Å². The van der Waals surface area contributed by atoms with E-state index in [0.717, 1.165) is 19.5 Å². The fraction of sp³-hybridized carbons (Fsp3) is 0.359. The molecule has 252 valence electrons. The number of carbonyl (C=O) groups is 1. The number of nitrogens with zero attached hydrogens (tertiary/aromatic N) is 3. The standard InChI is InChI=1S/C17H20N2S.C14H23NO.C8H9NO2/c1-13(18(2)3)12-19-14-8-4-6-10-16(14)20-17-11-7-5-9-15(17)19;1-5-14(11(2)10-15(3)4)12-7-6-8-13(16)9-12;1-6(10)9-7-2-4-8(11)5-3-7/h4-11,13H,12H2,1-3H3;6-9,11,14,16H,5,10H2,1-4H3;2-5,11H,1H3,(H,9,10)/t;11-,14+;/m.0./s1. The Hall–Kier alpha value is -3.98. The topological polar surface area (TPSA) is 79.3 Å². The number of rotatable bonds is 9. The van der Waals surface area contributed by atoms with Crippen molar-refractivity contribution >= 4 is 34.7 Å². The van der Waals surface area contributed by atoms with Gasteiger partial charge in [-0.15, -0.1) is 0 Å². The zero-order valence-corrected chi connectivity index (χ0v) is 30.0. The second-order valence-corrected chi connectivity index (χ2v) is 13.6. The van der Waals surface area contributed by atoms with Crippen molar-refractivity contribution in [1.29, 1.82) is 0 Å². The maximum absolute atomic E-state index is 10.5. The van der Waals surface area contributed by atoms with Crippen molar-refractivity contribution in [3.63, 3.8) is 0 Å². The Kier molecular flexibility index (Phi) is 14.7. The van der Waals surface area contributed by atoms with E-state index in [2.05, 4.69) is 124 Å². The van der Waals surface area contributed by atoms with Crippen LogP contribution in [0.1, 0.15) is 45.6 Å². The van der Waals surface area contributed by atoms with Crippen molar-refractivity contribution in [3.8, 4) is 11.5 Å². The highest BCUT2D eigenvalue weighted by molar-refractivity contribution is 7.99. The van der Waals surface area contributed by atoms with E-state index < -0.39 is 0 Å². The minimum Gasteiger partial charge on any atom is -0.508 e. The highest BCUT2D eigenvalue weighted by atomic mass is 32.2. The molecule has 0 aliphatic carbocycles. The van der Waals surface area contributed by atoms with Crippen LogP contribution in [0.2, 0.25) is 0 Å². The number of hydrogen-bond acceptors (Lipinski definition) is 7. The van der Waals surface area contributed by atoms with Crippen LogP contribution in [0.5, 0.6) is 11.5 Å². The first-order valence-electron chi connectivity index (χ1n) is 16.2. The summed E-state index contributed by atoms with van der Waals surface area (Å²) in [5, 5.41) is 21.0. The van der Waals surface area contributed by atoms with Crippen LogP contribution in [-0.2, 0) is 4.79 Å². The number of anilines is 3. The highest BCUT2D eigenvalue weighted by Crippen LogP contribution is 2.47. The van der Waals surface area contributed by atoms with Crippen LogP contribution >= 0.6 is 11.8 Å². The van der Waals surface area contributed by atoms with Gasteiger partial charge in [-0.3, -0.25) is 4.79 Å². The van der Waals surface area contributed by atoms with Crippen LogP contribution in [0.15, 0.2) is 107 Å². The molecule has 47 heavy (non-hydrogen) atoms. The van der Waals surface area contributed by atoms with E-state index in [0.29, 0.717) is 29.3 Å². The molecule has 0 saturated heterocycles. The zero-order valence-electron chi connectivity index (χ0n) is 29.1. The molecule has 1 heterocycles. The number of nitrogens with one attached hydrogen (secondary N) is 1. The second kappa shape index (κ2) is 18.4. The average Bonchev–Trinajstić information content (AvgIpc) is 3.02. The molecule has 4 aromatic rings. The fourth-order valence-electron chi connectivity index (χ4n) is 5.58. The van der Waals surface area contributed by atoms with Crippen LogP contribution in [0.3, 0.4) is 0 Å². The van der Waals surface area contributed by atoms with Gasteiger partial charge in [-0.2, -0.15) is 0 Å². The van der Waals surface area contributed by atoms with Gasteiger partial charge in [0, 0.05) is 41.5 Å². The normalized spacial score (nSPS) is 13.6. The lowest BCUT2D eigenvalue weighted by atomic mass is 9.85. The van der Waals surface area contributed by atoms with E-state index in [1.165, 1.54) is 45.8 Å². The second-order valence-electron chi connectivity index (χ2n) is 12.5. The Morgan fingerprint density at radius 3 is 1.87 bits per heavy atom. The highest BCUT2D eigenvalue weighted by Gasteiger charge is 2.24. The summed E-state index contributed by atoms with van der Waals surface area (Å²) in [6, 6.07) is 31.8. The lowest BCUT2D eigenvalue weighted by molar-refractivity contribution is -0.114. The summed E-state index contributed by atoms with van der Waals surface area (Å²) >= 11 is 1.87. The van der Waals surface area contributed by atoms with Crippen molar-refractivity contribution in [2.45, 2.75) is 55.9 Å². The number of hydrogen-bond donors (Lipinski definition) is 3. The molecule has 1 amide bonds. The number of carbonyl (C=O) groups excluding carboxylic acids is 1. The third-order valence-electron chi connectivity index (χ3n) is 8.13. The molecule has 0 fully saturated rings. The Bertz CT molecular complexity index is 1500. The number of fused-ring (bicyclic) bond motifs is 2. The summed E-state index contributed by atoms with van der Waals surface area (Å²) < 4.78 is 0. The van der Waals surface area contributed by atoms with Crippen molar-refractivity contribution in [3.05, 3.63) is 103 Å². The number of benzene rings is 4. The number of aromatic hydroxyl groups is 2. The molecule has 5 rings (SSSR count). The molecule has 3 atom stereocenters. The monoisotopic (exact) mass is 656 g/mol. The molecule has 1 unspecified atom stereocenters. The number of amides is 1. The van der Waals surface area contributed by atoms with Gasteiger partial charge >= 0.3 is 0 Å². The molecule has 1 aliphatic heterocycles. The van der Waals surface area contributed by atoms with E-state index in [-0.39, 0.29) is 11.7 Å². The minimum atomic E-state index is -0.115. The molecule has 7 nitrogen and oxygen atoms in total. The summed E-state index contributed by atoms with van der Waals surface area (Å²) in [4.78, 5) is 20.2. The van der Waals surface area contributed by atoms with Gasteiger partial charge in [0.15, 0.2) is 0 Å². The smallest absolute Gasteiger partial charge is 0.221 e. The van der Waals surface area contributed by atoms with Crippen molar-refractivity contribution in [2.24, 2.45) is 5.92 Å². The first kappa shape index (κ1) is 37.5. The molecular formula is C39H52N4O3S. The van der Waals surface area contributed by atoms with Crippen LogP contribution in [0.4, 0.5) is 17.1 Å². The van der Waals surface area contributed by atoms with Crippen LogP contribution in [0, 0.1) is 5.92 Å². The summed E-state index contributed by atoms with van der Waals surface area (Å²) in [7, 11) is 8.49. The molecule has 0 bridgehead atoms. The molecular weight excluding hydrogens is 605 g/mol. The molecule has 1 aliphatic rings. The Morgan fingerprint density at radius 1 is 0.809 bits per heavy atom. The molecule has 0 aromatic heterocycles. The first-order chi connectivity index (χ1) is 22.4. The molecule has 0 saturated carbocycles. The van der Waals surface area contributed by atoms with Crippen LogP contribution < -0.4 is 10.2 Å². The molecule has 0 spiro atoms. The van der Waals surface area contributed by atoms with E-state index >= 15 is 0 Å². The van der Waals surface area contributed by atoms with Gasteiger partial charge < -0.3 is 30.2 Å². The SMILES string of the molecule is CC(=O)Nc1ccc(O)cc1.CC(CN1c2ccccc2Sc2ccccc21)N(C)C.CC[C@@H](c1cccc(O)c1)[C@@H](C)CN(C)C. The molecule has 3 N–H and O–H groups in total. The van der Waals surface area contributed by atoms with Gasteiger partial charge in [0.2, 0.25) is 5.91 Å². The Morgan fingerprint density at radius 2 is 1.38 bits per heavy atom. The van der Waals surface area contributed by atoms with Gasteiger partial charge in [-0.1, -0.05) is 62.0 Å². The van der Waals surface area contributed by atoms with Crippen LogP contribution in [0.25, 0.3) is 0 Å². The summed E-state index contributed by atoms with van der Waals surface area (Å²) in [5.41, 5.74) is 4.59. The van der Waals surface area contributed by atoms with Crippen molar-refractivity contribution in [2.75, 3.05) is 51.5 Å². The van der Waals surface area contributed by atoms with Gasteiger partial charge in [0.25, 0.3) is 0 Å². The fourth-order valence-corrected chi connectivity index (χ4v) is 6.67. The predicted molar refractivity (Wildman–Crippen MR) is 198 cm³/mol. The maximum Gasteiger partial charge on any atom is 0.221 e. The first-order valence-corrected chi connectivity index (χ1v) is 17.0. The number of phenolic OH excluding ortho intramolecular Hbond substituents is 2. The summed E-state index contributed by atoms with van der Waals surface area (Å²) in [6.45, 7) is 10.3. The Balaban J connectivity index is 0.000000200. The van der Waals surface area contributed by atoms with Crippen molar-refractivity contribution in [1.82, 2.24) is 9.80 Å². The third kappa shape index (κ3) is 11.6. The Labute approximate surface area is 286 Å². The quantitative estimate of drug-likeness (QED) is 0.156. The lowest BCUT2D eigenvalue weighted by Crippen LogP contribution is -2.37. The average molecular weight is 657 g/mol. The van der Waals surface area contributed by atoms with E-state index in [1.54, 1.807) is 18.2 Å². The zero-order chi connectivity index (χ0) is 34.5. The number of likely N-dealkylation sites (N-methyl/N-ethyl adjacent to an activating group) is 1. The number of para-hydroxylation sites is 2. The summed E-state index contributed by atoms with van der Waals surface area (Å²) in [5.74, 6) is 1.57. The van der Waals surface area contributed by atoms with E-state index in [1.807, 2.05) is 23.9 Å². The van der Waals surface area contributed by atoms with Crippen molar-refractivity contribution < 1.29 is 15.0 Å². The maximum atomic E-state index is 10.5. The predicted octanol–water partition coefficient (Wildman–Crippen LogP) is 8.67. The number of phenols is 2. The molecule has 0 radical (unpaired) electrons. The molecule has 8 heteroatoms. The largest absolute Gasteiger partial charge is 0.508 e. The third-order valence-corrected chi connectivity index (χ3v) is 9.26. The van der Waals surface area contributed by atoms with Gasteiger partial charge in [0.1, 0.15) is 11.5 Å². The van der Waals surface area contributed by atoms with Gasteiger partial charge in [-0.05, 0) is 120 Å². The van der Waals surface area contributed by atoms with Crippen LogP contribution in [-0.4, -0.2) is 73.2 Å². The molecule has 4 aromatic carbocycles. The summed E-state index contributed by atoms with van der Waals surface area (Å²) in [6.07, 6.45) is 1.11. The van der Waals surface area contributed by atoms with E-state index in [4.69, 9.17) is 5.11 Å². The lowest BCUT2D eigenvalue weighted by Gasteiger charge is -2.36. The minimum absolute atomic E-state index is 0.115.